The van der Waals surface area contributed by atoms with E-state index in [1.807, 2.05) is 11.3 Å². The number of nitrogens with one attached hydrogen (secondary N) is 1. The van der Waals surface area contributed by atoms with Crippen molar-refractivity contribution in [1.29, 1.82) is 0 Å². The van der Waals surface area contributed by atoms with Gasteiger partial charge in [-0.15, -0.1) is 11.3 Å². The van der Waals surface area contributed by atoms with Crippen LogP contribution in [0.25, 0.3) is 11.3 Å². The van der Waals surface area contributed by atoms with E-state index in [2.05, 4.69) is 44.3 Å². The maximum Gasteiger partial charge on any atom is 0.108 e. The Balaban J connectivity index is 1.58. The van der Waals surface area contributed by atoms with Crippen molar-refractivity contribution in [3.8, 4) is 11.3 Å². The lowest BCUT2D eigenvalue weighted by molar-refractivity contribution is 0.233. The molecule has 1 N–H and O–H groups in total. The smallest absolute Gasteiger partial charge is 0.108 e. The average molecular weight is 350 g/mol. The third-order valence-electron chi connectivity index (χ3n) is 3.98. The molecular weight excluding hydrogens is 334 g/mol. The van der Waals surface area contributed by atoms with Crippen LogP contribution in [0.5, 0.6) is 0 Å². The summed E-state index contributed by atoms with van der Waals surface area (Å²) in [5, 5.41) is 4.66. The predicted molar refractivity (Wildman–Crippen MR) is 86.2 cm³/mol. The third kappa shape index (κ3) is 2.33. The minimum Gasteiger partial charge on any atom is -0.314 e. The summed E-state index contributed by atoms with van der Waals surface area (Å²) in [6, 6.07) is 6.53. The molecule has 0 bridgehead atoms. The summed E-state index contributed by atoms with van der Waals surface area (Å²) in [6.45, 7) is 5.47. The molecule has 4 rings (SSSR count). The number of hydrogen-bond acceptors (Lipinski definition) is 4. The summed E-state index contributed by atoms with van der Waals surface area (Å²) in [5.41, 5.74) is 3.95. The van der Waals surface area contributed by atoms with Gasteiger partial charge in [-0.05, 0) is 17.7 Å². The summed E-state index contributed by atoms with van der Waals surface area (Å²) >= 11 is 5.44. The van der Waals surface area contributed by atoms with Crippen LogP contribution in [0.2, 0.25) is 0 Å². The molecular formula is C15H16BrN3S. The van der Waals surface area contributed by atoms with Crippen molar-refractivity contribution >= 4 is 27.3 Å². The Bertz CT molecular complexity index is 647. The number of thiazole rings is 1. The lowest BCUT2D eigenvalue weighted by Gasteiger charge is -2.26. The lowest BCUT2D eigenvalue weighted by Crippen LogP contribution is -2.42. The summed E-state index contributed by atoms with van der Waals surface area (Å²) in [5.74, 6) is 0. The molecule has 0 amide bonds. The van der Waals surface area contributed by atoms with Gasteiger partial charge in [-0.3, -0.25) is 4.90 Å². The molecule has 0 atom stereocenters. The van der Waals surface area contributed by atoms with Gasteiger partial charge in [-0.25, -0.2) is 4.98 Å². The van der Waals surface area contributed by atoms with E-state index in [0.29, 0.717) is 0 Å². The largest absolute Gasteiger partial charge is 0.314 e. The number of fused-ring (bicyclic) bond motifs is 3. The van der Waals surface area contributed by atoms with E-state index in [4.69, 9.17) is 4.98 Å². The van der Waals surface area contributed by atoms with Crippen LogP contribution in [-0.4, -0.2) is 36.1 Å². The Morgan fingerprint density at radius 3 is 3.00 bits per heavy atom. The van der Waals surface area contributed by atoms with E-state index in [1.165, 1.54) is 26.7 Å². The van der Waals surface area contributed by atoms with Crippen molar-refractivity contribution in [3.05, 3.63) is 38.1 Å². The van der Waals surface area contributed by atoms with E-state index < -0.39 is 0 Å². The number of nitrogens with zero attached hydrogens (tertiary/aromatic N) is 2. The highest BCUT2D eigenvalue weighted by Crippen LogP contribution is 2.40. The highest BCUT2D eigenvalue weighted by Gasteiger charge is 2.24. The molecule has 0 saturated carbocycles. The van der Waals surface area contributed by atoms with E-state index in [-0.39, 0.29) is 0 Å². The molecule has 0 radical (unpaired) electrons. The van der Waals surface area contributed by atoms with Crippen LogP contribution in [0.4, 0.5) is 0 Å². The van der Waals surface area contributed by atoms with Gasteiger partial charge >= 0.3 is 0 Å². The maximum atomic E-state index is 4.90. The van der Waals surface area contributed by atoms with Crippen molar-refractivity contribution in [2.24, 2.45) is 0 Å². The highest BCUT2D eigenvalue weighted by molar-refractivity contribution is 9.10. The zero-order valence-corrected chi connectivity index (χ0v) is 13.6. The van der Waals surface area contributed by atoms with E-state index in [0.717, 1.165) is 43.6 Å². The van der Waals surface area contributed by atoms with Crippen molar-refractivity contribution in [3.63, 3.8) is 0 Å². The first-order valence-electron chi connectivity index (χ1n) is 7.00. The number of benzene rings is 1. The van der Waals surface area contributed by atoms with Gasteiger partial charge in [0.2, 0.25) is 0 Å². The molecule has 2 heterocycles. The summed E-state index contributed by atoms with van der Waals surface area (Å²) in [6.07, 6.45) is 1.04. The average Bonchev–Trinajstić information content (AvgIpc) is 2.96. The first-order valence-corrected chi connectivity index (χ1v) is 8.61. The standard InChI is InChI=1S/C15H16BrN3S/c16-11-1-2-12-10(7-11)8-13-15(12)18-14(20-13)9-19-5-3-17-4-6-19/h1-2,7,17H,3-6,8-9H2. The molecule has 3 nitrogen and oxygen atoms in total. The minimum absolute atomic E-state index is 1.01. The summed E-state index contributed by atoms with van der Waals surface area (Å²) < 4.78 is 1.16. The minimum atomic E-state index is 1.01. The van der Waals surface area contributed by atoms with Crippen LogP contribution < -0.4 is 5.32 Å². The van der Waals surface area contributed by atoms with Crippen LogP contribution in [0, 0.1) is 0 Å². The lowest BCUT2D eigenvalue weighted by atomic mass is 10.1. The molecule has 0 spiro atoms. The third-order valence-corrected chi connectivity index (χ3v) is 5.52. The van der Waals surface area contributed by atoms with E-state index in [9.17, 15) is 0 Å². The number of aromatic nitrogens is 1. The first kappa shape index (κ1) is 13.0. The van der Waals surface area contributed by atoms with Gasteiger partial charge in [0, 0.05) is 47.5 Å². The van der Waals surface area contributed by atoms with Gasteiger partial charge in [-0.1, -0.05) is 22.0 Å². The van der Waals surface area contributed by atoms with E-state index >= 15 is 0 Å². The van der Waals surface area contributed by atoms with Gasteiger partial charge < -0.3 is 5.32 Å². The number of hydrogen-bond donors (Lipinski definition) is 1. The van der Waals surface area contributed by atoms with Gasteiger partial charge in [-0.2, -0.15) is 0 Å². The molecule has 1 aromatic carbocycles. The topological polar surface area (TPSA) is 28.2 Å². The zero-order valence-electron chi connectivity index (χ0n) is 11.2. The Morgan fingerprint density at radius 2 is 2.15 bits per heavy atom. The number of halogens is 1. The Hall–Kier alpha value is -0.750. The fraction of sp³-hybridized carbons (Fsp3) is 0.400. The highest BCUT2D eigenvalue weighted by atomic mass is 79.9. The van der Waals surface area contributed by atoms with Gasteiger partial charge in [0.25, 0.3) is 0 Å². The molecule has 1 fully saturated rings. The molecule has 5 heteroatoms. The molecule has 1 saturated heterocycles. The second kappa shape index (κ2) is 5.22. The van der Waals surface area contributed by atoms with Gasteiger partial charge in [0.1, 0.15) is 5.01 Å². The molecule has 20 heavy (non-hydrogen) atoms. The summed E-state index contributed by atoms with van der Waals surface area (Å²) in [7, 11) is 0. The fourth-order valence-electron chi connectivity index (χ4n) is 2.97. The van der Waals surface area contributed by atoms with Crippen LogP contribution in [-0.2, 0) is 13.0 Å². The second-order valence-electron chi connectivity index (χ2n) is 5.38. The van der Waals surface area contributed by atoms with Crippen LogP contribution in [0.15, 0.2) is 22.7 Å². The maximum absolute atomic E-state index is 4.90. The molecule has 1 aliphatic carbocycles. The second-order valence-corrected chi connectivity index (χ2v) is 7.47. The van der Waals surface area contributed by atoms with Crippen molar-refractivity contribution in [2.75, 3.05) is 26.2 Å². The molecule has 0 unspecified atom stereocenters. The molecule has 1 aliphatic heterocycles. The van der Waals surface area contributed by atoms with Crippen LogP contribution >= 0.6 is 27.3 Å². The fourth-order valence-corrected chi connectivity index (χ4v) is 4.53. The van der Waals surface area contributed by atoms with E-state index in [1.54, 1.807) is 0 Å². The Morgan fingerprint density at radius 1 is 1.30 bits per heavy atom. The number of rotatable bonds is 2. The number of piperazine rings is 1. The Labute approximate surface area is 131 Å². The normalized spacial score (nSPS) is 18.1. The van der Waals surface area contributed by atoms with Crippen molar-refractivity contribution < 1.29 is 0 Å². The van der Waals surface area contributed by atoms with Crippen molar-refractivity contribution in [1.82, 2.24) is 15.2 Å². The quantitative estimate of drug-likeness (QED) is 0.770. The summed E-state index contributed by atoms with van der Waals surface area (Å²) in [4.78, 5) is 8.82. The molecule has 2 aliphatic rings. The first-order chi connectivity index (χ1) is 9.79. The van der Waals surface area contributed by atoms with Crippen LogP contribution in [0.3, 0.4) is 0 Å². The SMILES string of the molecule is Brc1ccc2c(c1)Cc1sc(CN3CCNCC3)nc1-2. The van der Waals surface area contributed by atoms with Crippen LogP contribution in [0.1, 0.15) is 15.4 Å². The monoisotopic (exact) mass is 349 g/mol. The van der Waals surface area contributed by atoms with Gasteiger partial charge in [0.15, 0.2) is 0 Å². The van der Waals surface area contributed by atoms with Crippen molar-refractivity contribution in [2.45, 2.75) is 13.0 Å². The van der Waals surface area contributed by atoms with Gasteiger partial charge in [0.05, 0.1) is 12.2 Å². The zero-order chi connectivity index (χ0) is 13.5. The molecule has 1 aromatic heterocycles. The Kier molecular flexibility index (Phi) is 3.38. The molecule has 104 valence electrons. The predicted octanol–water partition coefficient (Wildman–Crippen LogP) is 2.88. The molecule has 2 aromatic rings.